The number of benzene rings is 2. The van der Waals surface area contributed by atoms with E-state index in [0.29, 0.717) is 20.8 Å². The second-order valence-electron chi connectivity index (χ2n) is 6.73. The van der Waals surface area contributed by atoms with Crippen molar-refractivity contribution in [2.24, 2.45) is 0 Å². The molecular weight excluding hydrogens is 444 g/mol. The predicted molar refractivity (Wildman–Crippen MR) is 122 cm³/mol. The number of hydrogen-bond acceptors (Lipinski definition) is 6. The van der Waals surface area contributed by atoms with Gasteiger partial charge in [-0.3, -0.25) is 14.4 Å². The van der Waals surface area contributed by atoms with Gasteiger partial charge in [0, 0.05) is 10.6 Å². The Labute approximate surface area is 184 Å². The fourth-order valence-electron chi connectivity index (χ4n) is 2.92. The molecule has 1 unspecified atom stereocenters. The van der Waals surface area contributed by atoms with E-state index in [0.717, 1.165) is 21.7 Å². The van der Waals surface area contributed by atoms with Gasteiger partial charge in [0.1, 0.15) is 11.0 Å². The van der Waals surface area contributed by atoms with E-state index in [1.807, 2.05) is 31.2 Å². The molecule has 1 atom stereocenters. The van der Waals surface area contributed by atoms with E-state index in [1.54, 1.807) is 31.2 Å². The molecule has 158 valence electrons. The van der Waals surface area contributed by atoms with Gasteiger partial charge in [-0.25, -0.2) is 8.42 Å². The summed E-state index contributed by atoms with van der Waals surface area (Å²) < 4.78 is 26.1. The zero-order valence-electron chi connectivity index (χ0n) is 16.7. The number of hydrogen-bond donors (Lipinski definition) is 1. The molecule has 30 heavy (non-hydrogen) atoms. The molecule has 0 aliphatic heterocycles. The summed E-state index contributed by atoms with van der Waals surface area (Å²) in [6, 6.07) is 13.2. The van der Waals surface area contributed by atoms with Crippen molar-refractivity contribution in [1.82, 2.24) is 10.2 Å². The fourth-order valence-corrected chi connectivity index (χ4v) is 5.01. The maximum Gasteiger partial charge on any atom is 0.250 e. The molecule has 0 aliphatic carbocycles. The average molecular weight is 465 g/mol. The van der Waals surface area contributed by atoms with Crippen LogP contribution in [0.2, 0.25) is 5.02 Å². The largest absolute Gasteiger partial charge is 0.299 e. The summed E-state index contributed by atoms with van der Waals surface area (Å²) in [7, 11) is -3.72. The van der Waals surface area contributed by atoms with Crippen molar-refractivity contribution in [1.29, 1.82) is 0 Å². The number of aryl methyl sites for hydroxylation is 1. The molecule has 0 radical (unpaired) electrons. The van der Waals surface area contributed by atoms with Gasteiger partial charge in [0.25, 0.3) is 0 Å². The van der Waals surface area contributed by atoms with Gasteiger partial charge in [-0.05, 0) is 37.6 Å². The topological polar surface area (TPSA) is 92.3 Å². The maximum atomic E-state index is 13.0. The number of carbonyl (C=O) groups is 1. The second-order valence-corrected chi connectivity index (χ2v) is 10.0. The highest BCUT2D eigenvalue weighted by atomic mass is 35.5. The lowest BCUT2D eigenvalue weighted by Crippen LogP contribution is -2.46. The quantitative estimate of drug-likeness (QED) is 0.561. The first kappa shape index (κ1) is 22.2. The maximum absolute atomic E-state index is 13.0. The lowest BCUT2D eigenvalue weighted by Gasteiger charge is -2.29. The number of halogens is 1. The molecule has 0 aliphatic rings. The molecule has 1 heterocycles. The van der Waals surface area contributed by atoms with Crippen molar-refractivity contribution in [2.45, 2.75) is 26.3 Å². The Balaban J connectivity index is 1.84. The zero-order chi connectivity index (χ0) is 21.9. The third-order valence-corrected chi connectivity index (χ3v) is 6.68. The molecule has 3 aromatic rings. The number of aromatic nitrogens is 2. The van der Waals surface area contributed by atoms with Gasteiger partial charge in [0.15, 0.2) is 0 Å². The van der Waals surface area contributed by atoms with Crippen molar-refractivity contribution < 1.29 is 13.2 Å². The summed E-state index contributed by atoms with van der Waals surface area (Å²) in [5.74, 6) is -0.482. The molecule has 0 saturated heterocycles. The lowest BCUT2D eigenvalue weighted by atomic mass is 10.2. The minimum atomic E-state index is -3.72. The number of sulfonamides is 1. The van der Waals surface area contributed by atoms with Crippen LogP contribution in [0.1, 0.15) is 18.9 Å². The standard InChI is InChI=1S/C20H21ClN4O3S2/c1-4-17(25(30(3,27)28)16-11-9-15(21)10-12-16)18(26)22-20-24-23-19(29-20)14-7-5-13(2)6-8-14/h5-12,17H,4H2,1-3H3,(H,22,24,26). The van der Waals surface area contributed by atoms with Crippen LogP contribution in [0.15, 0.2) is 48.5 Å². The highest BCUT2D eigenvalue weighted by Crippen LogP contribution is 2.28. The van der Waals surface area contributed by atoms with Crippen LogP contribution in [0, 0.1) is 6.92 Å². The predicted octanol–water partition coefficient (Wildman–Crippen LogP) is 4.35. The van der Waals surface area contributed by atoms with Crippen LogP contribution < -0.4 is 9.62 Å². The number of anilines is 2. The molecule has 0 saturated carbocycles. The van der Waals surface area contributed by atoms with Crippen molar-refractivity contribution in [3.63, 3.8) is 0 Å². The first-order valence-electron chi connectivity index (χ1n) is 9.15. The van der Waals surface area contributed by atoms with Gasteiger partial charge >= 0.3 is 0 Å². The SMILES string of the molecule is CCC(C(=O)Nc1nnc(-c2ccc(C)cc2)s1)N(c1ccc(Cl)cc1)S(C)(=O)=O. The Morgan fingerprint density at radius 2 is 1.77 bits per heavy atom. The van der Waals surface area contributed by atoms with E-state index in [4.69, 9.17) is 11.6 Å². The summed E-state index contributed by atoms with van der Waals surface area (Å²) in [6.45, 7) is 3.74. The number of nitrogens with one attached hydrogen (secondary N) is 1. The fraction of sp³-hybridized carbons (Fsp3) is 0.250. The second kappa shape index (κ2) is 9.11. The summed E-state index contributed by atoms with van der Waals surface area (Å²) >= 11 is 7.14. The van der Waals surface area contributed by atoms with E-state index in [9.17, 15) is 13.2 Å². The molecule has 0 fully saturated rings. The third kappa shape index (κ3) is 5.16. The first-order chi connectivity index (χ1) is 14.2. The molecule has 7 nitrogen and oxygen atoms in total. The Morgan fingerprint density at radius 3 is 2.33 bits per heavy atom. The summed E-state index contributed by atoms with van der Waals surface area (Å²) in [6.07, 6.45) is 1.34. The molecule has 1 aromatic heterocycles. The summed E-state index contributed by atoms with van der Waals surface area (Å²) in [4.78, 5) is 13.0. The van der Waals surface area contributed by atoms with Crippen LogP contribution in [0.4, 0.5) is 10.8 Å². The lowest BCUT2D eigenvalue weighted by molar-refractivity contribution is -0.117. The summed E-state index contributed by atoms with van der Waals surface area (Å²) in [5, 5.41) is 12.3. The zero-order valence-corrected chi connectivity index (χ0v) is 19.1. The number of rotatable bonds is 7. The third-order valence-electron chi connectivity index (χ3n) is 4.36. The van der Waals surface area contributed by atoms with Crippen molar-refractivity contribution in [2.75, 3.05) is 15.9 Å². The van der Waals surface area contributed by atoms with Crippen LogP contribution in [-0.2, 0) is 14.8 Å². The van der Waals surface area contributed by atoms with Crippen LogP contribution in [0.3, 0.4) is 0 Å². The molecular formula is C20H21ClN4O3S2. The van der Waals surface area contributed by atoms with Gasteiger partial charge in [0.2, 0.25) is 21.1 Å². The number of nitrogens with zero attached hydrogens (tertiary/aromatic N) is 3. The Hall–Kier alpha value is -2.49. The van der Waals surface area contributed by atoms with Gasteiger partial charge in [-0.15, -0.1) is 10.2 Å². The van der Waals surface area contributed by atoms with Crippen LogP contribution >= 0.6 is 22.9 Å². The molecule has 0 bridgehead atoms. The molecule has 2 aromatic carbocycles. The first-order valence-corrected chi connectivity index (χ1v) is 12.2. The molecule has 1 N–H and O–H groups in total. The summed E-state index contributed by atoms with van der Waals surface area (Å²) in [5.41, 5.74) is 2.39. The van der Waals surface area contributed by atoms with E-state index < -0.39 is 22.0 Å². The van der Waals surface area contributed by atoms with E-state index >= 15 is 0 Å². The van der Waals surface area contributed by atoms with E-state index in [1.165, 1.54) is 11.3 Å². The van der Waals surface area contributed by atoms with Crippen LogP contribution in [0.25, 0.3) is 10.6 Å². The van der Waals surface area contributed by atoms with Crippen LogP contribution in [-0.4, -0.2) is 36.8 Å². The molecule has 1 amide bonds. The minimum Gasteiger partial charge on any atom is -0.299 e. The molecule has 10 heteroatoms. The van der Waals surface area contributed by atoms with E-state index in [-0.39, 0.29) is 6.42 Å². The van der Waals surface area contributed by atoms with Gasteiger partial charge < -0.3 is 0 Å². The van der Waals surface area contributed by atoms with Crippen molar-refractivity contribution in [3.05, 3.63) is 59.1 Å². The highest BCUT2D eigenvalue weighted by molar-refractivity contribution is 7.92. The minimum absolute atomic E-state index is 0.269. The monoisotopic (exact) mass is 464 g/mol. The Morgan fingerprint density at radius 1 is 1.13 bits per heavy atom. The van der Waals surface area contributed by atoms with E-state index in [2.05, 4.69) is 15.5 Å². The Kier molecular flexibility index (Phi) is 6.74. The van der Waals surface area contributed by atoms with Gasteiger partial charge in [-0.2, -0.15) is 0 Å². The number of carbonyl (C=O) groups excluding carboxylic acids is 1. The van der Waals surface area contributed by atoms with Crippen LogP contribution in [0.5, 0.6) is 0 Å². The smallest absolute Gasteiger partial charge is 0.250 e. The molecule has 0 spiro atoms. The Bertz CT molecular complexity index is 1130. The molecule has 3 rings (SSSR count). The number of amides is 1. The average Bonchev–Trinajstić information content (AvgIpc) is 3.15. The highest BCUT2D eigenvalue weighted by Gasteiger charge is 2.32. The van der Waals surface area contributed by atoms with Gasteiger partial charge in [-0.1, -0.05) is 59.7 Å². The van der Waals surface area contributed by atoms with Crippen molar-refractivity contribution in [3.8, 4) is 10.6 Å². The van der Waals surface area contributed by atoms with Crippen molar-refractivity contribution >= 4 is 49.7 Å². The normalized spacial score (nSPS) is 12.4. The van der Waals surface area contributed by atoms with Gasteiger partial charge in [0.05, 0.1) is 11.9 Å².